The normalized spacial score (nSPS) is 10.8. The molecule has 2 aromatic carbocycles. The molecule has 0 aliphatic heterocycles. The second-order valence-electron chi connectivity index (χ2n) is 5.73. The van der Waals surface area contributed by atoms with E-state index in [0.717, 1.165) is 23.3 Å². The molecule has 0 bridgehead atoms. The zero-order valence-electron chi connectivity index (χ0n) is 15.0. The van der Waals surface area contributed by atoms with Crippen LogP contribution in [0.1, 0.15) is 11.1 Å². The largest absolute Gasteiger partial charge is 0.573 e. The van der Waals surface area contributed by atoms with Crippen LogP contribution in [0.25, 0.3) is 0 Å². The van der Waals surface area contributed by atoms with Crippen LogP contribution in [-0.4, -0.2) is 24.0 Å². The first kappa shape index (κ1) is 21.3. The lowest BCUT2D eigenvalue weighted by molar-refractivity contribution is -0.274. The highest BCUT2D eigenvalue weighted by atomic mass is 32.1. The van der Waals surface area contributed by atoms with Crippen molar-refractivity contribution in [1.29, 1.82) is 0 Å². The molecule has 0 fully saturated rings. The summed E-state index contributed by atoms with van der Waals surface area (Å²) < 4.78 is 45.5. The lowest BCUT2D eigenvalue weighted by Gasteiger charge is -2.13. The topological polar surface area (TPSA) is 71.6 Å². The van der Waals surface area contributed by atoms with Crippen molar-refractivity contribution < 1.29 is 27.4 Å². The van der Waals surface area contributed by atoms with Crippen LogP contribution in [0, 0.1) is 13.8 Å². The molecule has 10 heteroatoms. The summed E-state index contributed by atoms with van der Waals surface area (Å²) in [7, 11) is 0. The second kappa shape index (κ2) is 9.27. The van der Waals surface area contributed by atoms with Gasteiger partial charge in [0.1, 0.15) is 11.5 Å². The number of carbonyl (C=O) groups excluding carboxylic acids is 1. The summed E-state index contributed by atoms with van der Waals surface area (Å²) in [4.78, 5) is 11.8. The highest BCUT2D eigenvalue weighted by Crippen LogP contribution is 2.23. The number of amides is 1. The zero-order chi connectivity index (χ0) is 20.7. The van der Waals surface area contributed by atoms with Crippen LogP contribution in [0.4, 0.5) is 18.9 Å². The highest BCUT2D eigenvalue weighted by molar-refractivity contribution is 7.80. The van der Waals surface area contributed by atoms with Crippen molar-refractivity contribution in [3.8, 4) is 11.5 Å². The van der Waals surface area contributed by atoms with Crippen molar-refractivity contribution in [2.75, 3.05) is 11.9 Å². The van der Waals surface area contributed by atoms with E-state index >= 15 is 0 Å². The van der Waals surface area contributed by atoms with E-state index < -0.39 is 12.3 Å². The van der Waals surface area contributed by atoms with Gasteiger partial charge >= 0.3 is 6.36 Å². The van der Waals surface area contributed by atoms with E-state index in [4.69, 9.17) is 17.0 Å². The summed E-state index contributed by atoms with van der Waals surface area (Å²) in [5.41, 5.74) is 7.40. The number of benzene rings is 2. The maximum atomic E-state index is 12.1. The van der Waals surface area contributed by atoms with Gasteiger partial charge in [0.05, 0.1) is 0 Å². The highest BCUT2D eigenvalue weighted by Gasteiger charge is 2.30. The molecule has 0 saturated heterocycles. The minimum absolute atomic E-state index is 0.0454. The molecule has 0 saturated carbocycles. The Morgan fingerprint density at radius 2 is 1.64 bits per heavy atom. The number of carbonyl (C=O) groups is 1. The number of anilines is 1. The lowest BCUT2D eigenvalue weighted by atomic mass is 10.1. The third-order valence-corrected chi connectivity index (χ3v) is 3.71. The minimum Gasteiger partial charge on any atom is -0.484 e. The molecule has 28 heavy (non-hydrogen) atoms. The van der Waals surface area contributed by atoms with Gasteiger partial charge in [0.25, 0.3) is 5.91 Å². The summed E-state index contributed by atoms with van der Waals surface area (Å²) in [5.74, 6) is -0.245. The zero-order valence-corrected chi connectivity index (χ0v) is 15.8. The fourth-order valence-electron chi connectivity index (χ4n) is 2.02. The van der Waals surface area contributed by atoms with Gasteiger partial charge in [-0.3, -0.25) is 15.6 Å². The smallest absolute Gasteiger partial charge is 0.484 e. The van der Waals surface area contributed by atoms with Crippen molar-refractivity contribution >= 4 is 28.9 Å². The van der Waals surface area contributed by atoms with Crippen LogP contribution in [0.3, 0.4) is 0 Å². The van der Waals surface area contributed by atoms with Gasteiger partial charge in [-0.25, -0.2) is 0 Å². The summed E-state index contributed by atoms with van der Waals surface area (Å²) in [6.07, 6.45) is -4.75. The van der Waals surface area contributed by atoms with Gasteiger partial charge in [0.2, 0.25) is 0 Å². The standard InChI is InChI=1S/C18H18F3N3O3S/c1-11-3-6-15(9-12(11)2)26-10-16(25)23-24-17(28)22-13-4-7-14(8-5-13)27-18(19,20)21/h3-9H,10H2,1-2H3,(H,23,25)(H2,22,24,28). The summed E-state index contributed by atoms with van der Waals surface area (Å²) in [6, 6.07) is 10.4. The van der Waals surface area contributed by atoms with E-state index in [9.17, 15) is 18.0 Å². The molecule has 0 unspecified atom stereocenters. The third-order valence-electron chi connectivity index (χ3n) is 3.51. The van der Waals surface area contributed by atoms with Crippen molar-refractivity contribution in [1.82, 2.24) is 10.9 Å². The Morgan fingerprint density at radius 3 is 2.25 bits per heavy atom. The van der Waals surface area contributed by atoms with Crippen LogP contribution in [0.5, 0.6) is 11.5 Å². The molecule has 0 aliphatic carbocycles. The quantitative estimate of drug-likeness (QED) is 0.514. The minimum atomic E-state index is -4.75. The van der Waals surface area contributed by atoms with Gasteiger partial charge in [-0.1, -0.05) is 6.07 Å². The second-order valence-corrected chi connectivity index (χ2v) is 6.14. The van der Waals surface area contributed by atoms with Crippen LogP contribution in [0.2, 0.25) is 0 Å². The third kappa shape index (κ3) is 7.31. The van der Waals surface area contributed by atoms with E-state index in [1.54, 1.807) is 6.07 Å². The molecule has 0 atom stereocenters. The molecule has 3 N–H and O–H groups in total. The molecule has 0 heterocycles. The van der Waals surface area contributed by atoms with Crippen LogP contribution in [0.15, 0.2) is 42.5 Å². The molecule has 0 spiro atoms. The monoisotopic (exact) mass is 413 g/mol. The van der Waals surface area contributed by atoms with Crippen molar-refractivity contribution in [2.45, 2.75) is 20.2 Å². The Bertz CT molecular complexity index is 842. The molecule has 0 radical (unpaired) electrons. The number of aryl methyl sites for hydroxylation is 2. The molecule has 2 rings (SSSR count). The Labute approximate surface area is 165 Å². The Kier molecular flexibility index (Phi) is 7.05. The first-order valence-electron chi connectivity index (χ1n) is 8.04. The van der Waals surface area contributed by atoms with Crippen LogP contribution < -0.4 is 25.6 Å². The molecule has 1 amide bonds. The first-order chi connectivity index (χ1) is 13.1. The van der Waals surface area contributed by atoms with E-state index in [1.807, 2.05) is 26.0 Å². The van der Waals surface area contributed by atoms with Crippen molar-refractivity contribution in [3.05, 3.63) is 53.6 Å². The van der Waals surface area contributed by atoms with Crippen molar-refractivity contribution in [3.63, 3.8) is 0 Å². The number of alkyl halides is 3. The molecule has 0 aliphatic rings. The van der Waals surface area contributed by atoms with Gasteiger partial charge in [-0.05, 0) is 73.6 Å². The molecular weight excluding hydrogens is 395 g/mol. The summed E-state index contributed by atoms with van der Waals surface area (Å²) in [5, 5.41) is 2.75. The van der Waals surface area contributed by atoms with Gasteiger partial charge in [0, 0.05) is 5.69 Å². The average Bonchev–Trinajstić information content (AvgIpc) is 2.61. The number of hydrazine groups is 1. The summed E-state index contributed by atoms with van der Waals surface area (Å²) >= 11 is 4.99. The predicted molar refractivity (Wildman–Crippen MR) is 102 cm³/mol. The SMILES string of the molecule is Cc1ccc(OCC(=O)NNC(=S)Nc2ccc(OC(F)(F)F)cc2)cc1C. The maximum Gasteiger partial charge on any atom is 0.573 e. The van der Waals surface area contributed by atoms with E-state index in [2.05, 4.69) is 20.9 Å². The summed E-state index contributed by atoms with van der Waals surface area (Å²) in [6.45, 7) is 3.69. The fourth-order valence-corrected chi connectivity index (χ4v) is 2.19. The van der Waals surface area contributed by atoms with Crippen LogP contribution >= 0.6 is 12.2 Å². The average molecular weight is 413 g/mol. The van der Waals surface area contributed by atoms with Gasteiger partial charge in [0.15, 0.2) is 11.7 Å². The van der Waals surface area contributed by atoms with E-state index in [0.29, 0.717) is 11.4 Å². The van der Waals surface area contributed by atoms with Crippen LogP contribution in [-0.2, 0) is 4.79 Å². The number of nitrogens with one attached hydrogen (secondary N) is 3. The number of hydrogen-bond acceptors (Lipinski definition) is 4. The first-order valence-corrected chi connectivity index (χ1v) is 8.45. The Hall–Kier alpha value is -3.01. The molecule has 150 valence electrons. The lowest BCUT2D eigenvalue weighted by Crippen LogP contribution is -2.45. The van der Waals surface area contributed by atoms with E-state index in [1.165, 1.54) is 12.1 Å². The van der Waals surface area contributed by atoms with E-state index in [-0.39, 0.29) is 17.5 Å². The number of thiocarbonyl (C=S) groups is 1. The fraction of sp³-hybridized carbons (Fsp3) is 0.222. The van der Waals surface area contributed by atoms with Gasteiger partial charge in [-0.15, -0.1) is 13.2 Å². The molecule has 2 aromatic rings. The number of ether oxygens (including phenoxy) is 2. The number of rotatable bonds is 5. The molecular formula is C18H18F3N3O3S. The maximum absolute atomic E-state index is 12.1. The number of halogens is 3. The molecule has 6 nitrogen and oxygen atoms in total. The van der Waals surface area contributed by atoms with Gasteiger partial charge < -0.3 is 14.8 Å². The predicted octanol–water partition coefficient (Wildman–Crippen LogP) is 3.60. The number of hydrogen-bond donors (Lipinski definition) is 3. The van der Waals surface area contributed by atoms with Crippen molar-refractivity contribution in [2.24, 2.45) is 0 Å². The molecule has 0 aromatic heterocycles. The van der Waals surface area contributed by atoms with Gasteiger partial charge in [-0.2, -0.15) is 0 Å². The Balaban J connectivity index is 1.74. The Morgan fingerprint density at radius 1 is 1.00 bits per heavy atom.